The number of rotatable bonds is 7. The highest BCUT2D eigenvalue weighted by Crippen LogP contribution is 2.31. The van der Waals surface area contributed by atoms with Gasteiger partial charge in [-0.05, 0) is 31.1 Å². The van der Waals surface area contributed by atoms with Crippen molar-refractivity contribution in [2.45, 2.75) is 43.9 Å². The van der Waals surface area contributed by atoms with Gasteiger partial charge in [0.15, 0.2) is 0 Å². The van der Waals surface area contributed by atoms with Gasteiger partial charge in [0.25, 0.3) is 0 Å². The maximum atomic E-state index is 3.69. The second kappa shape index (κ2) is 8.21. The van der Waals surface area contributed by atoms with Gasteiger partial charge in [-0.2, -0.15) is 11.8 Å². The van der Waals surface area contributed by atoms with Crippen molar-refractivity contribution in [3.05, 3.63) is 35.9 Å². The average molecular weight is 307 g/mol. The Morgan fingerprint density at radius 2 is 1.95 bits per heavy atom. The summed E-state index contributed by atoms with van der Waals surface area (Å²) >= 11 is 2.05. The van der Waals surface area contributed by atoms with E-state index < -0.39 is 0 Å². The van der Waals surface area contributed by atoms with Crippen LogP contribution in [-0.4, -0.2) is 48.1 Å². The second-order valence-electron chi connectivity index (χ2n) is 6.17. The van der Waals surface area contributed by atoms with E-state index in [0.717, 1.165) is 13.0 Å². The lowest BCUT2D eigenvalue weighted by atomic mass is 9.99. The Bertz CT molecular complexity index is 395. The highest BCUT2D eigenvalue weighted by atomic mass is 32.2. The normalized spacial score (nSPS) is 20.6. The summed E-state index contributed by atoms with van der Waals surface area (Å²) in [5.74, 6) is 0. The predicted octanol–water partition coefficient (Wildman–Crippen LogP) is 3.42. The third-order valence-electron chi connectivity index (χ3n) is 4.90. The number of thioether (sulfide) groups is 1. The molecular formula is C18H30N2S. The Morgan fingerprint density at radius 3 is 2.57 bits per heavy atom. The molecule has 1 atom stereocenters. The molecule has 0 spiro atoms. The molecular weight excluding hydrogens is 276 g/mol. The zero-order valence-corrected chi connectivity index (χ0v) is 14.6. The zero-order chi connectivity index (χ0) is 15.1. The Morgan fingerprint density at radius 1 is 1.24 bits per heavy atom. The van der Waals surface area contributed by atoms with Gasteiger partial charge in [-0.3, -0.25) is 4.90 Å². The first-order chi connectivity index (χ1) is 10.2. The van der Waals surface area contributed by atoms with E-state index in [4.69, 9.17) is 0 Å². The van der Waals surface area contributed by atoms with Gasteiger partial charge in [-0.1, -0.05) is 44.2 Å². The molecule has 118 valence electrons. The molecule has 1 aromatic rings. The highest BCUT2D eigenvalue weighted by molar-refractivity contribution is 8.00. The van der Waals surface area contributed by atoms with Crippen LogP contribution in [0.4, 0.5) is 0 Å². The SMILES string of the molecule is CCC(CC)(CN1CCNC(Cc2ccccc2)C1)SC. The maximum absolute atomic E-state index is 3.69. The molecule has 0 aromatic heterocycles. The largest absolute Gasteiger partial charge is 0.311 e. The fraction of sp³-hybridized carbons (Fsp3) is 0.667. The minimum Gasteiger partial charge on any atom is -0.311 e. The van der Waals surface area contributed by atoms with Crippen LogP contribution in [0.5, 0.6) is 0 Å². The van der Waals surface area contributed by atoms with Crippen molar-refractivity contribution in [2.24, 2.45) is 0 Å². The van der Waals surface area contributed by atoms with Crippen LogP contribution in [0.25, 0.3) is 0 Å². The highest BCUT2D eigenvalue weighted by Gasteiger charge is 2.30. The lowest BCUT2D eigenvalue weighted by Crippen LogP contribution is -2.54. The van der Waals surface area contributed by atoms with E-state index in [1.54, 1.807) is 0 Å². The van der Waals surface area contributed by atoms with E-state index >= 15 is 0 Å². The van der Waals surface area contributed by atoms with Crippen LogP contribution in [0.2, 0.25) is 0 Å². The molecule has 1 aliphatic heterocycles. The van der Waals surface area contributed by atoms with Crippen molar-refractivity contribution in [1.29, 1.82) is 0 Å². The van der Waals surface area contributed by atoms with Crippen LogP contribution in [0.3, 0.4) is 0 Å². The van der Waals surface area contributed by atoms with Crippen molar-refractivity contribution in [3.8, 4) is 0 Å². The molecule has 2 nitrogen and oxygen atoms in total. The molecule has 0 saturated carbocycles. The smallest absolute Gasteiger partial charge is 0.0279 e. The summed E-state index contributed by atoms with van der Waals surface area (Å²) in [7, 11) is 0. The first kappa shape index (κ1) is 16.9. The van der Waals surface area contributed by atoms with Gasteiger partial charge in [-0.15, -0.1) is 0 Å². The second-order valence-corrected chi connectivity index (χ2v) is 7.44. The third-order valence-corrected chi connectivity index (χ3v) is 6.47. The molecule has 21 heavy (non-hydrogen) atoms. The Labute approximate surface area is 134 Å². The monoisotopic (exact) mass is 306 g/mol. The topological polar surface area (TPSA) is 15.3 Å². The third kappa shape index (κ3) is 4.73. The van der Waals surface area contributed by atoms with Gasteiger partial charge < -0.3 is 5.32 Å². The van der Waals surface area contributed by atoms with Crippen molar-refractivity contribution >= 4 is 11.8 Å². The molecule has 1 saturated heterocycles. The van der Waals surface area contributed by atoms with E-state index in [2.05, 4.69) is 72.4 Å². The van der Waals surface area contributed by atoms with E-state index in [1.165, 1.54) is 38.0 Å². The van der Waals surface area contributed by atoms with Gasteiger partial charge in [0.05, 0.1) is 0 Å². The molecule has 1 unspecified atom stereocenters. The van der Waals surface area contributed by atoms with Gasteiger partial charge in [0.2, 0.25) is 0 Å². The Balaban J connectivity index is 1.91. The summed E-state index contributed by atoms with van der Waals surface area (Å²) in [6, 6.07) is 11.5. The summed E-state index contributed by atoms with van der Waals surface area (Å²) in [6.07, 6.45) is 5.94. The first-order valence-electron chi connectivity index (χ1n) is 8.26. The van der Waals surface area contributed by atoms with Crippen LogP contribution >= 0.6 is 11.8 Å². The Kier molecular flexibility index (Phi) is 6.59. The van der Waals surface area contributed by atoms with Crippen molar-refractivity contribution in [2.75, 3.05) is 32.4 Å². The summed E-state index contributed by atoms with van der Waals surface area (Å²) in [4.78, 5) is 2.67. The summed E-state index contributed by atoms with van der Waals surface area (Å²) in [5, 5.41) is 3.69. The molecule has 0 radical (unpaired) electrons. The summed E-state index contributed by atoms with van der Waals surface area (Å²) in [6.45, 7) is 9.39. The molecule has 1 aliphatic rings. The first-order valence-corrected chi connectivity index (χ1v) is 9.48. The molecule has 0 bridgehead atoms. The maximum Gasteiger partial charge on any atom is 0.0279 e. The Hall–Kier alpha value is -0.510. The minimum atomic E-state index is 0.439. The fourth-order valence-electron chi connectivity index (χ4n) is 3.31. The average Bonchev–Trinajstić information content (AvgIpc) is 2.54. The molecule has 0 aliphatic carbocycles. The lowest BCUT2D eigenvalue weighted by molar-refractivity contribution is 0.178. The number of hydrogen-bond acceptors (Lipinski definition) is 3. The lowest BCUT2D eigenvalue weighted by Gasteiger charge is -2.40. The molecule has 1 heterocycles. The van der Waals surface area contributed by atoms with E-state index in [1.807, 2.05) is 0 Å². The molecule has 0 amide bonds. The molecule has 3 heteroatoms. The van der Waals surface area contributed by atoms with Gasteiger partial charge in [0, 0.05) is 37.0 Å². The van der Waals surface area contributed by atoms with Crippen LogP contribution in [0.1, 0.15) is 32.3 Å². The quantitative estimate of drug-likeness (QED) is 0.831. The van der Waals surface area contributed by atoms with Crippen LogP contribution < -0.4 is 5.32 Å². The van der Waals surface area contributed by atoms with Gasteiger partial charge >= 0.3 is 0 Å². The van der Waals surface area contributed by atoms with Crippen LogP contribution in [0, 0.1) is 0 Å². The number of nitrogens with one attached hydrogen (secondary N) is 1. The van der Waals surface area contributed by atoms with Gasteiger partial charge in [-0.25, -0.2) is 0 Å². The van der Waals surface area contributed by atoms with E-state index in [0.29, 0.717) is 10.8 Å². The molecule has 2 rings (SSSR count). The molecule has 1 fully saturated rings. The summed E-state index contributed by atoms with van der Waals surface area (Å²) < 4.78 is 0.439. The minimum absolute atomic E-state index is 0.439. The standard InChI is InChI=1S/C18H30N2S/c1-4-18(5-2,21-3)15-20-12-11-19-17(14-20)13-16-9-7-6-8-10-16/h6-10,17,19H,4-5,11-15H2,1-3H3. The van der Waals surface area contributed by atoms with Crippen molar-refractivity contribution < 1.29 is 0 Å². The number of nitrogens with zero attached hydrogens (tertiary/aromatic N) is 1. The van der Waals surface area contributed by atoms with Crippen molar-refractivity contribution in [1.82, 2.24) is 10.2 Å². The van der Waals surface area contributed by atoms with E-state index in [-0.39, 0.29) is 0 Å². The van der Waals surface area contributed by atoms with Crippen LogP contribution in [-0.2, 0) is 6.42 Å². The number of benzene rings is 1. The molecule has 1 N–H and O–H groups in total. The van der Waals surface area contributed by atoms with Gasteiger partial charge in [0.1, 0.15) is 0 Å². The molecule has 1 aromatic carbocycles. The number of hydrogen-bond donors (Lipinski definition) is 1. The van der Waals surface area contributed by atoms with Crippen molar-refractivity contribution in [3.63, 3.8) is 0 Å². The van der Waals surface area contributed by atoms with Crippen LogP contribution in [0.15, 0.2) is 30.3 Å². The predicted molar refractivity (Wildman–Crippen MR) is 95.2 cm³/mol. The summed E-state index contributed by atoms with van der Waals surface area (Å²) in [5.41, 5.74) is 1.44. The fourth-order valence-corrected chi connectivity index (χ4v) is 4.20. The zero-order valence-electron chi connectivity index (χ0n) is 13.8. The van der Waals surface area contributed by atoms with E-state index in [9.17, 15) is 0 Å². The number of piperazine rings is 1.